The van der Waals surface area contributed by atoms with Gasteiger partial charge in [0.1, 0.15) is 0 Å². The minimum absolute atomic E-state index is 0.0960. The zero-order valence-corrected chi connectivity index (χ0v) is 11.1. The van der Waals surface area contributed by atoms with Crippen molar-refractivity contribution in [1.29, 1.82) is 0 Å². The molecule has 1 N–H and O–H groups in total. The highest BCUT2D eigenvalue weighted by Gasteiger charge is 2.26. The van der Waals surface area contributed by atoms with Gasteiger partial charge in [-0.15, -0.1) is 0 Å². The molecule has 2 aromatic rings. The number of nitrogens with one attached hydrogen (secondary N) is 1. The van der Waals surface area contributed by atoms with Gasteiger partial charge in [-0.05, 0) is 19.1 Å². The Bertz CT molecular complexity index is 534. The average molecular weight is 283 g/mol. The van der Waals surface area contributed by atoms with Gasteiger partial charge in [0.05, 0.1) is 18.3 Å². The van der Waals surface area contributed by atoms with Crippen molar-refractivity contribution in [3.8, 4) is 5.69 Å². The number of halogens is 3. The zero-order chi connectivity index (χ0) is 14.6. The van der Waals surface area contributed by atoms with E-state index in [2.05, 4.69) is 10.4 Å². The van der Waals surface area contributed by atoms with Crippen molar-refractivity contribution in [2.24, 2.45) is 0 Å². The molecule has 1 atom stereocenters. The van der Waals surface area contributed by atoms with Gasteiger partial charge in [-0.2, -0.15) is 18.3 Å². The van der Waals surface area contributed by atoms with Crippen molar-refractivity contribution in [3.63, 3.8) is 0 Å². The number of alkyl halides is 3. The van der Waals surface area contributed by atoms with Crippen LogP contribution in [0, 0.1) is 0 Å². The lowest BCUT2D eigenvalue weighted by molar-refractivity contribution is -0.133. The minimum atomic E-state index is -4.12. The molecule has 6 heteroatoms. The van der Waals surface area contributed by atoms with Crippen LogP contribution in [0.5, 0.6) is 0 Å². The second-order valence-corrected chi connectivity index (χ2v) is 4.59. The average Bonchev–Trinajstić information content (AvgIpc) is 2.88. The smallest absolute Gasteiger partial charge is 0.310 e. The zero-order valence-electron chi connectivity index (χ0n) is 11.1. The molecule has 1 aromatic carbocycles. The standard InChI is InChI=1S/C14H16F3N3/c1-11(18-8-7-14(15,16)17)12-9-19-20(10-12)13-5-3-2-4-6-13/h2-6,9-11,18H,7-8H2,1H3. The van der Waals surface area contributed by atoms with E-state index in [9.17, 15) is 13.2 Å². The number of rotatable bonds is 5. The number of benzene rings is 1. The van der Waals surface area contributed by atoms with Crippen molar-refractivity contribution in [2.75, 3.05) is 6.54 Å². The molecule has 0 radical (unpaired) electrons. The third-order valence-electron chi connectivity index (χ3n) is 2.98. The Hall–Kier alpha value is -1.82. The Kier molecular flexibility index (Phi) is 4.44. The fraction of sp³-hybridized carbons (Fsp3) is 0.357. The highest BCUT2D eigenvalue weighted by molar-refractivity contribution is 5.31. The first kappa shape index (κ1) is 14.6. The molecule has 2 rings (SSSR count). The van der Waals surface area contributed by atoms with E-state index in [0.717, 1.165) is 11.3 Å². The van der Waals surface area contributed by atoms with Crippen LogP contribution in [-0.2, 0) is 0 Å². The molecule has 0 aliphatic carbocycles. The van der Waals surface area contributed by atoms with Gasteiger partial charge in [0.25, 0.3) is 0 Å². The molecule has 3 nitrogen and oxygen atoms in total. The summed E-state index contributed by atoms with van der Waals surface area (Å²) in [5.74, 6) is 0. The lowest BCUT2D eigenvalue weighted by Gasteiger charge is -2.13. The quantitative estimate of drug-likeness (QED) is 0.910. The van der Waals surface area contributed by atoms with E-state index in [1.54, 1.807) is 10.9 Å². The summed E-state index contributed by atoms with van der Waals surface area (Å²) in [6.07, 6.45) is -1.47. The lowest BCUT2D eigenvalue weighted by Crippen LogP contribution is -2.24. The van der Waals surface area contributed by atoms with Gasteiger partial charge in [0, 0.05) is 24.3 Å². The van der Waals surface area contributed by atoms with Crippen molar-refractivity contribution in [3.05, 3.63) is 48.3 Å². The maximum atomic E-state index is 12.1. The van der Waals surface area contributed by atoms with Gasteiger partial charge in [0.2, 0.25) is 0 Å². The van der Waals surface area contributed by atoms with Crippen molar-refractivity contribution in [1.82, 2.24) is 15.1 Å². The van der Waals surface area contributed by atoms with Crippen LogP contribution in [0.2, 0.25) is 0 Å². The topological polar surface area (TPSA) is 29.9 Å². The van der Waals surface area contributed by atoms with Crippen LogP contribution in [-0.4, -0.2) is 22.5 Å². The Morgan fingerprint density at radius 1 is 1.25 bits per heavy atom. The van der Waals surface area contributed by atoms with E-state index in [1.165, 1.54) is 0 Å². The molecule has 0 bridgehead atoms. The summed E-state index contributed by atoms with van der Waals surface area (Å²) >= 11 is 0. The predicted molar refractivity (Wildman–Crippen MR) is 70.7 cm³/mol. The van der Waals surface area contributed by atoms with Crippen LogP contribution >= 0.6 is 0 Å². The third kappa shape index (κ3) is 4.09. The van der Waals surface area contributed by atoms with E-state index in [0.29, 0.717) is 0 Å². The van der Waals surface area contributed by atoms with Crippen molar-refractivity contribution >= 4 is 0 Å². The molecule has 0 aliphatic rings. The van der Waals surface area contributed by atoms with Gasteiger partial charge >= 0.3 is 6.18 Å². The highest BCUT2D eigenvalue weighted by Crippen LogP contribution is 2.19. The molecule has 0 saturated carbocycles. The van der Waals surface area contributed by atoms with Crippen LogP contribution in [0.4, 0.5) is 13.2 Å². The van der Waals surface area contributed by atoms with Gasteiger partial charge in [-0.1, -0.05) is 18.2 Å². The first-order valence-corrected chi connectivity index (χ1v) is 6.36. The van der Waals surface area contributed by atoms with E-state index in [4.69, 9.17) is 0 Å². The molecule has 0 fully saturated rings. The largest absolute Gasteiger partial charge is 0.390 e. The van der Waals surface area contributed by atoms with Crippen molar-refractivity contribution < 1.29 is 13.2 Å². The summed E-state index contributed by atoms with van der Waals surface area (Å²) in [6.45, 7) is 1.73. The molecule has 0 aliphatic heterocycles. The van der Waals surface area contributed by atoms with Crippen LogP contribution in [0.15, 0.2) is 42.7 Å². The Morgan fingerprint density at radius 2 is 1.95 bits per heavy atom. The molecule has 0 spiro atoms. The van der Waals surface area contributed by atoms with Crippen LogP contribution < -0.4 is 5.32 Å². The minimum Gasteiger partial charge on any atom is -0.310 e. The number of aromatic nitrogens is 2. The first-order valence-electron chi connectivity index (χ1n) is 6.36. The Balaban J connectivity index is 1.95. The molecular weight excluding hydrogens is 267 g/mol. The normalized spacial score (nSPS) is 13.4. The van der Waals surface area contributed by atoms with Gasteiger partial charge in [-0.25, -0.2) is 4.68 Å². The maximum Gasteiger partial charge on any atom is 0.390 e. The molecule has 1 unspecified atom stereocenters. The van der Waals surface area contributed by atoms with E-state index < -0.39 is 12.6 Å². The maximum absolute atomic E-state index is 12.1. The molecule has 0 amide bonds. The van der Waals surface area contributed by atoms with E-state index in [-0.39, 0.29) is 12.6 Å². The molecule has 1 aromatic heterocycles. The molecule has 0 saturated heterocycles. The number of para-hydroxylation sites is 1. The van der Waals surface area contributed by atoms with Gasteiger partial charge in [-0.3, -0.25) is 0 Å². The summed E-state index contributed by atoms with van der Waals surface area (Å²) in [6, 6.07) is 9.38. The molecule has 1 heterocycles. The van der Waals surface area contributed by atoms with Crippen LogP contribution in [0.25, 0.3) is 5.69 Å². The lowest BCUT2D eigenvalue weighted by atomic mass is 10.2. The fourth-order valence-corrected chi connectivity index (χ4v) is 1.83. The number of hydrogen-bond acceptors (Lipinski definition) is 2. The molecule has 20 heavy (non-hydrogen) atoms. The summed E-state index contributed by atoms with van der Waals surface area (Å²) in [7, 11) is 0. The summed E-state index contributed by atoms with van der Waals surface area (Å²) < 4.78 is 37.9. The summed E-state index contributed by atoms with van der Waals surface area (Å²) in [5.41, 5.74) is 1.78. The second-order valence-electron chi connectivity index (χ2n) is 4.59. The predicted octanol–water partition coefficient (Wildman–Crippen LogP) is 3.48. The molecular formula is C14H16F3N3. The number of nitrogens with zero attached hydrogens (tertiary/aromatic N) is 2. The monoisotopic (exact) mass is 283 g/mol. The Morgan fingerprint density at radius 3 is 2.60 bits per heavy atom. The third-order valence-corrected chi connectivity index (χ3v) is 2.98. The van der Waals surface area contributed by atoms with Gasteiger partial charge < -0.3 is 5.32 Å². The SMILES string of the molecule is CC(NCCC(F)(F)F)c1cnn(-c2ccccc2)c1. The fourth-order valence-electron chi connectivity index (χ4n) is 1.83. The molecule has 108 valence electrons. The first-order chi connectivity index (χ1) is 9.46. The number of hydrogen-bond donors (Lipinski definition) is 1. The highest BCUT2D eigenvalue weighted by atomic mass is 19.4. The van der Waals surface area contributed by atoms with Crippen LogP contribution in [0.1, 0.15) is 24.9 Å². The summed E-state index contributed by atoms with van der Waals surface area (Å²) in [5, 5.41) is 7.07. The Labute approximate surface area is 115 Å². The second kappa shape index (κ2) is 6.09. The summed E-state index contributed by atoms with van der Waals surface area (Å²) in [4.78, 5) is 0. The van der Waals surface area contributed by atoms with Crippen molar-refractivity contribution in [2.45, 2.75) is 25.6 Å². The van der Waals surface area contributed by atoms with E-state index in [1.807, 2.05) is 43.5 Å². The van der Waals surface area contributed by atoms with Gasteiger partial charge in [0.15, 0.2) is 0 Å². The van der Waals surface area contributed by atoms with E-state index >= 15 is 0 Å². The van der Waals surface area contributed by atoms with Crippen LogP contribution in [0.3, 0.4) is 0 Å².